The molecule has 0 spiro atoms. The topological polar surface area (TPSA) is 41.5 Å². The molecule has 102 valence electrons. The van der Waals surface area contributed by atoms with Crippen LogP contribution >= 0.6 is 15.9 Å². The summed E-state index contributed by atoms with van der Waals surface area (Å²) in [6.45, 7) is 8.79. The van der Waals surface area contributed by atoms with Crippen LogP contribution < -0.4 is 5.32 Å². The highest BCUT2D eigenvalue weighted by molar-refractivity contribution is 9.10. The monoisotopic (exact) mass is 315 g/mol. The van der Waals surface area contributed by atoms with E-state index in [0.717, 1.165) is 10.2 Å². The Bertz CT molecular complexity index is 388. The fourth-order valence-corrected chi connectivity index (χ4v) is 1.64. The van der Waals surface area contributed by atoms with Gasteiger partial charge >= 0.3 is 0 Å². The number of aliphatic hydroxyl groups excluding tert-OH is 1. The van der Waals surface area contributed by atoms with E-state index in [0.29, 0.717) is 13.2 Å². The molecule has 0 aliphatic heterocycles. The lowest BCUT2D eigenvalue weighted by atomic mass is 10.2. The van der Waals surface area contributed by atoms with Gasteiger partial charge < -0.3 is 15.2 Å². The Kier molecular flexibility index (Phi) is 5.63. The minimum atomic E-state index is -0.506. The van der Waals surface area contributed by atoms with Crippen molar-refractivity contribution < 1.29 is 9.84 Å². The first-order valence-electron chi connectivity index (χ1n) is 6.10. The Balaban J connectivity index is 2.38. The Morgan fingerprint density at radius 2 is 2.06 bits per heavy atom. The number of anilines is 1. The average molecular weight is 316 g/mol. The predicted molar refractivity (Wildman–Crippen MR) is 79.1 cm³/mol. The van der Waals surface area contributed by atoms with Crippen LogP contribution in [0.3, 0.4) is 0 Å². The minimum absolute atomic E-state index is 0.213. The van der Waals surface area contributed by atoms with Crippen LogP contribution in [0.1, 0.15) is 26.3 Å². The van der Waals surface area contributed by atoms with Crippen LogP contribution in [0.15, 0.2) is 22.7 Å². The number of rotatable bonds is 5. The van der Waals surface area contributed by atoms with Gasteiger partial charge in [0, 0.05) is 16.7 Å². The molecule has 1 rings (SSSR count). The molecule has 4 heteroatoms. The van der Waals surface area contributed by atoms with Crippen molar-refractivity contribution >= 4 is 21.6 Å². The number of hydrogen-bond acceptors (Lipinski definition) is 3. The first kappa shape index (κ1) is 15.5. The Hall–Kier alpha value is -0.580. The van der Waals surface area contributed by atoms with Crippen LogP contribution in [-0.2, 0) is 4.74 Å². The predicted octanol–water partition coefficient (Wildman–Crippen LogP) is 3.35. The van der Waals surface area contributed by atoms with Crippen molar-refractivity contribution in [2.75, 3.05) is 18.5 Å². The number of aliphatic hydroxyl groups is 1. The van der Waals surface area contributed by atoms with Crippen molar-refractivity contribution in [3.05, 3.63) is 28.2 Å². The molecule has 2 N–H and O–H groups in total. The molecule has 1 aromatic rings. The molecule has 0 fully saturated rings. The molecule has 0 radical (unpaired) electrons. The van der Waals surface area contributed by atoms with E-state index >= 15 is 0 Å². The second kappa shape index (κ2) is 6.55. The summed E-state index contributed by atoms with van der Waals surface area (Å²) in [5.74, 6) is 0. The van der Waals surface area contributed by atoms with Gasteiger partial charge in [0.1, 0.15) is 0 Å². The van der Waals surface area contributed by atoms with Crippen molar-refractivity contribution in [3.63, 3.8) is 0 Å². The zero-order chi connectivity index (χ0) is 13.8. The molecule has 0 aliphatic carbocycles. The van der Waals surface area contributed by atoms with E-state index in [9.17, 15) is 5.11 Å². The quantitative estimate of drug-likeness (QED) is 0.875. The smallest absolute Gasteiger partial charge is 0.0945 e. The van der Waals surface area contributed by atoms with Crippen LogP contribution in [0.5, 0.6) is 0 Å². The van der Waals surface area contributed by atoms with Gasteiger partial charge in [0.2, 0.25) is 0 Å². The Morgan fingerprint density at radius 3 is 2.61 bits per heavy atom. The summed E-state index contributed by atoms with van der Waals surface area (Å²) in [6, 6.07) is 6.02. The third kappa shape index (κ3) is 5.85. The number of aryl methyl sites for hydroxylation is 1. The molecule has 0 saturated carbocycles. The molecular formula is C14H22BrNO2. The number of nitrogens with one attached hydrogen (secondary N) is 1. The average Bonchev–Trinajstić information content (AvgIpc) is 2.27. The lowest BCUT2D eigenvalue weighted by Crippen LogP contribution is -2.30. The standard InChI is InChI=1S/C14H22BrNO2/c1-10-7-11(5-6-13(10)15)16-8-12(17)9-18-14(2,3)4/h5-7,12,16-17H,8-9H2,1-4H3. The Morgan fingerprint density at radius 1 is 1.39 bits per heavy atom. The molecular weight excluding hydrogens is 294 g/mol. The molecule has 0 aromatic heterocycles. The lowest BCUT2D eigenvalue weighted by Gasteiger charge is -2.22. The van der Waals surface area contributed by atoms with Crippen molar-refractivity contribution in [1.29, 1.82) is 0 Å². The summed E-state index contributed by atoms with van der Waals surface area (Å²) in [5, 5.41) is 13.0. The summed E-state index contributed by atoms with van der Waals surface area (Å²) in [6.07, 6.45) is -0.506. The minimum Gasteiger partial charge on any atom is -0.389 e. The molecule has 1 unspecified atom stereocenters. The maximum Gasteiger partial charge on any atom is 0.0945 e. The number of ether oxygens (including phenoxy) is 1. The summed E-state index contributed by atoms with van der Waals surface area (Å²) < 4.78 is 6.61. The fourth-order valence-electron chi connectivity index (χ4n) is 1.40. The van der Waals surface area contributed by atoms with Gasteiger partial charge in [0.25, 0.3) is 0 Å². The molecule has 3 nitrogen and oxygen atoms in total. The van der Waals surface area contributed by atoms with Crippen LogP contribution in [-0.4, -0.2) is 30.0 Å². The van der Waals surface area contributed by atoms with Gasteiger partial charge in [-0.15, -0.1) is 0 Å². The van der Waals surface area contributed by atoms with E-state index < -0.39 is 6.10 Å². The highest BCUT2D eigenvalue weighted by atomic mass is 79.9. The van der Waals surface area contributed by atoms with Gasteiger partial charge in [-0.3, -0.25) is 0 Å². The van der Waals surface area contributed by atoms with Gasteiger partial charge in [-0.1, -0.05) is 15.9 Å². The summed E-state index contributed by atoms with van der Waals surface area (Å²) in [7, 11) is 0. The second-order valence-corrected chi connectivity index (χ2v) is 6.28. The highest BCUT2D eigenvalue weighted by Gasteiger charge is 2.13. The zero-order valence-corrected chi connectivity index (χ0v) is 13.0. The lowest BCUT2D eigenvalue weighted by molar-refractivity contribution is -0.0449. The summed E-state index contributed by atoms with van der Waals surface area (Å²) in [5.41, 5.74) is 1.96. The molecule has 0 amide bonds. The van der Waals surface area contributed by atoms with Gasteiger partial charge in [0.15, 0.2) is 0 Å². The van der Waals surface area contributed by atoms with Crippen molar-refractivity contribution in [2.24, 2.45) is 0 Å². The SMILES string of the molecule is Cc1cc(NCC(O)COC(C)(C)C)ccc1Br. The molecule has 0 aliphatic rings. The molecule has 1 atom stereocenters. The van der Waals surface area contributed by atoms with Crippen molar-refractivity contribution in [3.8, 4) is 0 Å². The second-order valence-electron chi connectivity index (χ2n) is 5.42. The fraction of sp³-hybridized carbons (Fsp3) is 0.571. The summed E-state index contributed by atoms with van der Waals surface area (Å²) in [4.78, 5) is 0. The van der Waals surface area contributed by atoms with Crippen molar-refractivity contribution in [1.82, 2.24) is 0 Å². The van der Waals surface area contributed by atoms with E-state index in [4.69, 9.17) is 4.74 Å². The van der Waals surface area contributed by atoms with Gasteiger partial charge in [-0.2, -0.15) is 0 Å². The molecule has 18 heavy (non-hydrogen) atoms. The molecule has 1 aromatic carbocycles. The van der Waals surface area contributed by atoms with E-state index in [1.165, 1.54) is 5.56 Å². The van der Waals surface area contributed by atoms with E-state index in [1.54, 1.807) is 0 Å². The van der Waals surface area contributed by atoms with E-state index in [2.05, 4.69) is 21.2 Å². The molecule has 0 bridgehead atoms. The molecule has 0 heterocycles. The normalized spacial score (nSPS) is 13.4. The first-order valence-corrected chi connectivity index (χ1v) is 6.89. The van der Waals surface area contributed by atoms with Gasteiger partial charge in [0.05, 0.1) is 18.3 Å². The first-order chi connectivity index (χ1) is 8.28. The largest absolute Gasteiger partial charge is 0.389 e. The van der Waals surface area contributed by atoms with Crippen LogP contribution in [0, 0.1) is 6.92 Å². The maximum atomic E-state index is 9.80. The van der Waals surface area contributed by atoms with E-state index in [1.807, 2.05) is 45.9 Å². The zero-order valence-electron chi connectivity index (χ0n) is 11.5. The van der Waals surface area contributed by atoms with Crippen LogP contribution in [0.2, 0.25) is 0 Å². The van der Waals surface area contributed by atoms with Crippen LogP contribution in [0.25, 0.3) is 0 Å². The van der Waals surface area contributed by atoms with Crippen molar-refractivity contribution in [2.45, 2.75) is 39.4 Å². The molecule has 0 saturated heterocycles. The van der Waals surface area contributed by atoms with E-state index in [-0.39, 0.29) is 5.60 Å². The highest BCUT2D eigenvalue weighted by Crippen LogP contribution is 2.19. The third-order valence-electron chi connectivity index (χ3n) is 2.41. The Labute approximate surface area is 118 Å². The number of halogens is 1. The van der Waals surface area contributed by atoms with Gasteiger partial charge in [-0.05, 0) is 51.5 Å². The van der Waals surface area contributed by atoms with Gasteiger partial charge in [-0.25, -0.2) is 0 Å². The number of benzene rings is 1. The maximum absolute atomic E-state index is 9.80. The third-order valence-corrected chi connectivity index (χ3v) is 3.30. The number of hydrogen-bond donors (Lipinski definition) is 2. The summed E-state index contributed by atoms with van der Waals surface area (Å²) >= 11 is 3.46. The van der Waals surface area contributed by atoms with Crippen LogP contribution in [0.4, 0.5) is 5.69 Å².